The quantitative estimate of drug-likeness (QED) is 0.556. The van der Waals surface area contributed by atoms with Crippen molar-refractivity contribution in [2.24, 2.45) is 0 Å². The lowest BCUT2D eigenvalue weighted by Crippen LogP contribution is -2.10. The number of ether oxygens (including phenoxy) is 2. The summed E-state index contributed by atoms with van der Waals surface area (Å²) in [5.74, 6) is 1.25. The zero-order valence-electron chi connectivity index (χ0n) is 16.4. The van der Waals surface area contributed by atoms with Crippen LogP contribution in [0.1, 0.15) is 26.3 Å². The maximum absolute atomic E-state index is 13.1. The van der Waals surface area contributed by atoms with Gasteiger partial charge in [0, 0.05) is 11.0 Å². The molecule has 0 radical (unpaired) electrons. The highest BCUT2D eigenvalue weighted by Gasteiger charge is 2.22. The molecule has 8 heteroatoms. The lowest BCUT2D eigenvalue weighted by molar-refractivity contribution is 0.400. The highest BCUT2D eigenvalue weighted by Crippen LogP contribution is 2.32. The first-order chi connectivity index (χ1) is 13.3. The van der Waals surface area contributed by atoms with E-state index in [-0.39, 0.29) is 5.41 Å². The monoisotopic (exact) mass is 463 g/mol. The second-order valence-electron chi connectivity index (χ2n) is 7.18. The van der Waals surface area contributed by atoms with Gasteiger partial charge >= 0.3 is 0 Å². The van der Waals surface area contributed by atoms with Gasteiger partial charge in [0.25, 0.3) is 0 Å². The minimum absolute atomic E-state index is 0.0344. The minimum atomic E-state index is -1.48. The Balaban J connectivity index is 1.98. The molecule has 0 aliphatic carbocycles. The molecule has 1 atom stereocenters. The van der Waals surface area contributed by atoms with E-state index in [4.69, 9.17) is 9.47 Å². The third kappa shape index (κ3) is 3.98. The van der Waals surface area contributed by atoms with Crippen molar-refractivity contribution >= 4 is 26.7 Å². The molecule has 3 aromatic rings. The van der Waals surface area contributed by atoms with Crippen molar-refractivity contribution in [3.63, 3.8) is 0 Å². The van der Waals surface area contributed by atoms with Gasteiger partial charge in [0.05, 0.1) is 14.2 Å². The van der Waals surface area contributed by atoms with Crippen molar-refractivity contribution in [3.05, 3.63) is 52.6 Å². The van der Waals surface area contributed by atoms with E-state index in [2.05, 4.69) is 47.0 Å². The summed E-state index contributed by atoms with van der Waals surface area (Å²) in [5.41, 5.74) is 1.84. The Bertz CT molecular complexity index is 1010. The van der Waals surface area contributed by atoms with Gasteiger partial charge in [0.2, 0.25) is 0 Å². The summed E-state index contributed by atoms with van der Waals surface area (Å²) in [6, 6.07) is 13.1. The highest BCUT2D eigenvalue weighted by atomic mass is 79.9. The Hall–Kier alpha value is -2.19. The molecular formula is C20H22BrN3O3S. The van der Waals surface area contributed by atoms with Gasteiger partial charge in [-0.15, -0.1) is 5.10 Å². The van der Waals surface area contributed by atoms with E-state index in [9.17, 15) is 4.21 Å². The van der Waals surface area contributed by atoms with Crippen LogP contribution < -0.4 is 9.47 Å². The van der Waals surface area contributed by atoms with Crippen molar-refractivity contribution in [3.8, 4) is 17.2 Å². The van der Waals surface area contributed by atoms with Crippen molar-refractivity contribution in [1.29, 1.82) is 0 Å². The Morgan fingerprint density at radius 3 is 2.29 bits per heavy atom. The molecule has 0 aliphatic rings. The first kappa shape index (κ1) is 20.5. The molecule has 1 heterocycles. The van der Waals surface area contributed by atoms with Crippen LogP contribution in [0.5, 0.6) is 11.5 Å². The van der Waals surface area contributed by atoms with E-state index in [1.165, 1.54) is 10.2 Å². The van der Waals surface area contributed by atoms with E-state index >= 15 is 0 Å². The topological polar surface area (TPSA) is 66.2 Å². The van der Waals surface area contributed by atoms with Crippen LogP contribution in [0.4, 0.5) is 0 Å². The lowest BCUT2D eigenvalue weighted by atomic mass is 9.87. The fourth-order valence-electron chi connectivity index (χ4n) is 2.68. The number of benzene rings is 2. The number of rotatable bonds is 5. The van der Waals surface area contributed by atoms with Crippen LogP contribution in [0.2, 0.25) is 0 Å². The van der Waals surface area contributed by atoms with Gasteiger partial charge in [-0.3, -0.25) is 0 Å². The van der Waals surface area contributed by atoms with Crippen molar-refractivity contribution in [2.75, 3.05) is 14.2 Å². The average molecular weight is 464 g/mol. The van der Waals surface area contributed by atoms with Gasteiger partial charge in [-0.25, -0.2) is 8.89 Å². The molecule has 148 valence electrons. The highest BCUT2D eigenvalue weighted by molar-refractivity contribution is 9.10. The molecule has 0 amide bonds. The number of methoxy groups -OCH3 is 2. The van der Waals surface area contributed by atoms with Crippen molar-refractivity contribution < 1.29 is 13.7 Å². The Morgan fingerprint density at radius 2 is 1.71 bits per heavy atom. The number of hydrogen-bond acceptors (Lipinski definition) is 5. The summed E-state index contributed by atoms with van der Waals surface area (Å²) in [7, 11) is 1.69. The molecule has 28 heavy (non-hydrogen) atoms. The number of hydrogen-bond donors (Lipinski definition) is 0. The molecule has 0 bridgehead atoms. The van der Waals surface area contributed by atoms with Crippen LogP contribution in [-0.2, 0) is 16.2 Å². The molecule has 3 rings (SSSR count). The van der Waals surface area contributed by atoms with Crippen molar-refractivity contribution in [1.82, 2.24) is 15.0 Å². The molecule has 0 fully saturated rings. The normalized spacial score (nSPS) is 12.6. The molecule has 1 aromatic heterocycles. The SMILES string of the molecule is COc1ccc(OC)c(-n2nnc(S(=O)c3ccc(C(C)(C)C)cc3)c2Br)c1. The average Bonchev–Trinajstić information content (AvgIpc) is 3.07. The fourth-order valence-corrected chi connectivity index (χ4v) is 4.42. The van der Waals surface area contributed by atoms with Gasteiger partial charge in [-0.2, -0.15) is 0 Å². The summed E-state index contributed by atoms with van der Waals surface area (Å²) in [6.45, 7) is 6.42. The molecular weight excluding hydrogens is 442 g/mol. The molecule has 0 aliphatic heterocycles. The molecule has 0 N–H and O–H groups in total. The van der Waals surface area contributed by atoms with E-state index in [1.54, 1.807) is 32.4 Å². The summed E-state index contributed by atoms with van der Waals surface area (Å²) in [4.78, 5) is 0.665. The van der Waals surface area contributed by atoms with E-state index in [0.717, 1.165) is 0 Å². The predicted molar refractivity (Wildman–Crippen MR) is 112 cm³/mol. The zero-order chi connectivity index (χ0) is 20.5. The summed E-state index contributed by atoms with van der Waals surface area (Å²) < 4.78 is 25.8. The van der Waals surface area contributed by atoms with Crippen LogP contribution in [0.3, 0.4) is 0 Å². The molecule has 0 saturated carbocycles. The van der Waals surface area contributed by atoms with E-state index in [1.807, 2.05) is 24.3 Å². The third-order valence-electron chi connectivity index (χ3n) is 4.31. The summed E-state index contributed by atoms with van der Waals surface area (Å²) >= 11 is 3.49. The van der Waals surface area contributed by atoms with Gasteiger partial charge in [-0.1, -0.05) is 38.1 Å². The number of nitrogens with zero attached hydrogens (tertiary/aromatic N) is 3. The molecule has 1 unspecified atom stereocenters. The van der Waals surface area contributed by atoms with Gasteiger partial charge in [-0.05, 0) is 51.2 Å². The predicted octanol–water partition coefficient (Wildman–Crippen LogP) is 4.51. The zero-order valence-corrected chi connectivity index (χ0v) is 18.8. The number of aromatic nitrogens is 3. The Morgan fingerprint density at radius 1 is 1.04 bits per heavy atom. The first-order valence-corrected chi connectivity index (χ1v) is 10.6. The largest absolute Gasteiger partial charge is 0.497 e. The second-order valence-corrected chi connectivity index (χ2v) is 9.32. The Kier molecular flexibility index (Phi) is 5.90. The molecule has 0 spiro atoms. The van der Waals surface area contributed by atoms with Crippen LogP contribution in [-0.4, -0.2) is 33.4 Å². The summed E-state index contributed by atoms with van der Waals surface area (Å²) in [5, 5.41) is 8.65. The fraction of sp³-hybridized carbons (Fsp3) is 0.300. The molecule has 6 nitrogen and oxygen atoms in total. The van der Waals surface area contributed by atoms with Gasteiger partial charge < -0.3 is 9.47 Å². The maximum Gasteiger partial charge on any atom is 0.189 e. The summed E-state index contributed by atoms with van der Waals surface area (Å²) in [6.07, 6.45) is 0. The minimum Gasteiger partial charge on any atom is -0.497 e. The van der Waals surface area contributed by atoms with Crippen LogP contribution in [0.15, 0.2) is 57.0 Å². The number of halogens is 1. The molecule has 0 saturated heterocycles. The molecule has 2 aromatic carbocycles. The maximum atomic E-state index is 13.1. The second kappa shape index (κ2) is 8.05. The van der Waals surface area contributed by atoms with Crippen LogP contribution >= 0.6 is 15.9 Å². The standard InChI is InChI=1S/C20H22BrN3O3S/c1-20(2,3)13-6-9-15(10-7-13)28(25)19-18(21)24(23-22-19)16-12-14(26-4)8-11-17(16)27-5/h6-12H,1-5H3. The van der Waals surface area contributed by atoms with Gasteiger partial charge in [0.1, 0.15) is 32.6 Å². The van der Waals surface area contributed by atoms with Gasteiger partial charge in [0.15, 0.2) is 5.03 Å². The van der Waals surface area contributed by atoms with Crippen LogP contribution in [0.25, 0.3) is 5.69 Å². The van der Waals surface area contributed by atoms with Crippen LogP contribution in [0, 0.1) is 0 Å². The smallest absolute Gasteiger partial charge is 0.189 e. The third-order valence-corrected chi connectivity index (χ3v) is 6.61. The van der Waals surface area contributed by atoms with E-state index in [0.29, 0.717) is 31.7 Å². The first-order valence-electron chi connectivity index (χ1n) is 8.62. The lowest BCUT2D eigenvalue weighted by Gasteiger charge is -2.18. The Labute approximate surface area is 175 Å². The van der Waals surface area contributed by atoms with E-state index < -0.39 is 10.8 Å². The van der Waals surface area contributed by atoms with Crippen molar-refractivity contribution in [2.45, 2.75) is 36.1 Å².